The van der Waals surface area contributed by atoms with Crippen molar-refractivity contribution in [3.05, 3.63) is 81.9 Å². The Kier molecular flexibility index (Phi) is 22.6. The van der Waals surface area contributed by atoms with Crippen LogP contribution in [0.1, 0.15) is 146 Å². The smallest absolute Gasteiger partial charge is 0.873 e. The van der Waals surface area contributed by atoms with Crippen LogP contribution in [0.3, 0.4) is 0 Å². The Bertz CT molecular complexity index is 1400. The van der Waals surface area contributed by atoms with Crippen LogP contribution in [0.2, 0.25) is 0 Å². The van der Waals surface area contributed by atoms with E-state index in [0.29, 0.717) is 11.1 Å². The first-order valence-corrected chi connectivity index (χ1v) is 18.6. The van der Waals surface area contributed by atoms with E-state index in [1.54, 1.807) is 19.1 Å². The molecule has 0 unspecified atom stereocenters. The second kappa shape index (κ2) is 25.1. The molecule has 0 aromatic heterocycles. The van der Waals surface area contributed by atoms with Crippen molar-refractivity contribution >= 4 is 23.3 Å². The molecule has 0 fully saturated rings. The maximum Gasteiger partial charge on any atom is 2.00 e. The van der Waals surface area contributed by atoms with E-state index >= 15 is 0 Å². The molecule has 0 aliphatic heterocycles. The van der Waals surface area contributed by atoms with Gasteiger partial charge >= 0.3 is 16.5 Å². The van der Waals surface area contributed by atoms with E-state index in [1.807, 2.05) is 6.21 Å². The van der Waals surface area contributed by atoms with Gasteiger partial charge in [0.15, 0.2) is 0 Å². The molecule has 3 aromatic carbocycles. The maximum atomic E-state index is 11.5. The zero-order chi connectivity index (χ0) is 34.4. The summed E-state index contributed by atoms with van der Waals surface area (Å²) in [6, 6.07) is 17.0. The molecule has 0 radical (unpaired) electrons. The molecule has 0 bridgehead atoms. The topological polar surface area (TPSA) is 70.8 Å². The molecule has 0 amide bonds. The van der Waals surface area contributed by atoms with E-state index in [0.717, 1.165) is 81.3 Å². The molecule has 3 aromatic rings. The molecular weight excluding hydrogens is 635 g/mol. The largest absolute Gasteiger partial charge is 2.00 e. The third kappa shape index (κ3) is 15.1. The van der Waals surface area contributed by atoms with Gasteiger partial charge in [-0.3, -0.25) is 9.98 Å². The van der Waals surface area contributed by atoms with Crippen LogP contribution in [0.4, 0.5) is 11.4 Å². The molecule has 4 nitrogen and oxygen atoms in total. The summed E-state index contributed by atoms with van der Waals surface area (Å²) >= 11 is 0. The number of aryl methyl sites for hydroxylation is 6. The minimum Gasteiger partial charge on any atom is -0.873 e. The number of hydrogen-bond donors (Lipinski definition) is 0. The average Bonchev–Trinajstić information content (AvgIpc) is 3.06. The Morgan fingerprint density at radius 3 is 1.60 bits per heavy atom. The summed E-state index contributed by atoms with van der Waals surface area (Å²) in [5.74, 6) is -0.639. The summed E-state index contributed by atoms with van der Waals surface area (Å²) in [6.45, 7) is 15.1. The van der Waals surface area contributed by atoms with Crippen LogP contribution in [0.15, 0.2) is 58.5 Å². The average molecular weight is 698 g/mol. The van der Waals surface area contributed by atoms with Gasteiger partial charge in [0.25, 0.3) is 0 Å². The number of nitrogens with zero attached hydrogens (tertiary/aromatic N) is 2. The molecule has 0 saturated heterocycles. The fourth-order valence-corrected chi connectivity index (χ4v) is 5.89. The predicted molar refractivity (Wildman–Crippen MR) is 202 cm³/mol. The normalized spacial score (nSPS) is 11.4. The number of rotatable bonds is 19. The summed E-state index contributed by atoms with van der Waals surface area (Å²) in [6.07, 6.45) is 19.8. The van der Waals surface area contributed by atoms with E-state index in [1.165, 1.54) is 60.8 Å². The van der Waals surface area contributed by atoms with Crippen molar-refractivity contribution in [3.63, 3.8) is 0 Å². The first kappa shape index (κ1) is 43.1. The Hall–Kier alpha value is -2.91. The van der Waals surface area contributed by atoms with Crippen LogP contribution >= 0.6 is 0 Å². The predicted octanol–water partition coefficient (Wildman–Crippen LogP) is 11.4. The quantitative estimate of drug-likeness (QED) is 0.0711. The van der Waals surface area contributed by atoms with Gasteiger partial charge < -0.3 is 10.2 Å². The first-order chi connectivity index (χ1) is 22.8. The Balaban J connectivity index is 0.000000643. The van der Waals surface area contributed by atoms with Gasteiger partial charge in [-0.2, -0.15) is 0 Å². The van der Waals surface area contributed by atoms with Crippen LogP contribution in [-0.4, -0.2) is 11.9 Å². The van der Waals surface area contributed by atoms with Crippen molar-refractivity contribution < 1.29 is 26.7 Å². The molecule has 0 saturated carbocycles. The van der Waals surface area contributed by atoms with Crippen molar-refractivity contribution in [2.24, 2.45) is 9.98 Å². The van der Waals surface area contributed by atoms with Crippen molar-refractivity contribution in [3.8, 4) is 11.5 Å². The second-order valence-electron chi connectivity index (χ2n) is 12.9. The summed E-state index contributed by atoms with van der Waals surface area (Å²) in [5, 5.41) is 22.8. The first-order valence-electron chi connectivity index (χ1n) is 18.6. The molecule has 0 heterocycles. The monoisotopic (exact) mass is 696 g/mol. The third-order valence-corrected chi connectivity index (χ3v) is 8.57. The minimum absolute atomic E-state index is 0. The molecule has 48 heavy (non-hydrogen) atoms. The van der Waals surface area contributed by atoms with Gasteiger partial charge in [-0.15, -0.1) is 11.5 Å². The fraction of sp³-hybridized carbons (Fsp3) is 0.535. The van der Waals surface area contributed by atoms with Gasteiger partial charge in [-0.1, -0.05) is 128 Å². The van der Waals surface area contributed by atoms with E-state index in [-0.39, 0.29) is 28.0 Å². The van der Waals surface area contributed by atoms with Gasteiger partial charge in [0.2, 0.25) is 0 Å². The maximum absolute atomic E-state index is 11.5. The van der Waals surface area contributed by atoms with Crippen LogP contribution in [0.25, 0.3) is 0 Å². The van der Waals surface area contributed by atoms with E-state index < -0.39 is 0 Å². The van der Waals surface area contributed by atoms with Gasteiger partial charge in [0, 0.05) is 6.21 Å². The molecule has 0 aliphatic rings. The van der Waals surface area contributed by atoms with Gasteiger partial charge in [0.1, 0.15) is 0 Å². The molecule has 266 valence electrons. The van der Waals surface area contributed by atoms with Gasteiger partial charge in [-0.25, -0.2) is 0 Å². The molecule has 0 spiro atoms. The Morgan fingerprint density at radius 1 is 0.542 bits per heavy atom. The van der Waals surface area contributed by atoms with Crippen molar-refractivity contribution in [2.45, 2.75) is 151 Å². The standard InChI is InChI=1S/C31H46N2.C12H18O2.Ni/c1-6-11-12-17-31(33-30-21-19-26(14-8-3)28(23-30)16-10-5)24-32-29-20-18-25(13-7-2)27(22-29)15-9-4;1-3-4-5-6-10-8-7-9(2)11(13)12(10)14;/h18-24H,6-17H2,1-5H3;7-8,13-14H,3-6H2,1-2H3;/q;;+2/p-2. The molecular formula is C43H62N2NiO2. The summed E-state index contributed by atoms with van der Waals surface area (Å²) in [4.78, 5) is 9.94. The van der Waals surface area contributed by atoms with E-state index in [4.69, 9.17) is 9.98 Å². The fourth-order valence-electron chi connectivity index (χ4n) is 5.89. The van der Waals surface area contributed by atoms with Gasteiger partial charge in [0.05, 0.1) is 17.1 Å². The van der Waals surface area contributed by atoms with Crippen LogP contribution in [0, 0.1) is 6.92 Å². The Labute approximate surface area is 303 Å². The van der Waals surface area contributed by atoms with Gasteiger partial charge in [-0.05, 0) is 105 Å². The minimum atomic E-state index is -0.334. The molecule has 0 aliphatic carbocycles. The zero-order valence-electron chi connectivity index (χ0n) is 31.0. The summed E-state index contributed by atoms with van der Waals surface area (Å²) in [5.41, 5.74) is 10.3. The van der Waals surface area contributed by atoms with E-state index in [2.05, 4.69) is 77.9 Å². The summed E-state index contributed by atoms with van der Waals surface area (Å²) < 4.78 is 0. The molecule has 3 rings (SSSR count). The molecule has 0 N–H and O–H groups in total. The molecule has 5 heteroatoms. The SMILES string of the molecule is CCCCCC(C=Nc1ccc(CCC)c(CCC)c1)=Nc1ccc(CCC)c(CCC)c1.CCCCCc1ccc(C)c([O-])c1[O-].[Ni+2]. The number of hydrogen-bond acceptors (Lipinski definition) is 4. The van der Waals surface area contributed by atoms with Crippen LogP contribution in [-0.2, 0) is 48.6 Å². The summed E-state index contributed by atoms with van der Waals surface area (Å²) in [7, 11) is 0. The van der Waals surface area contributed by atoms with E-state index in [9.17, 15) is 10.2 Å². The van der Waals surface area contributed by atoms with Crippen LogP contribution in [0.5, 0.6) is 11.5 Å². The third-order valence-electron chi connectivity index (χ3n) is 8.57. The Morgan fingerprint density at radius 2 is 1.04 bits per heavy atom. The number of unbranched alkanes of at least 4 members (excludes halogenated alkanes) is 4. The zero-order valence-corrected chi connectivity index (χ0v) is 32.0. The van der Waals surface area contributed by atoms with Crippen molar-refractivity contribution in [2.75, 3.05) is 0 Å². The van der Waals surface area contributed by atoms with Crippen LogP contribution < -0.4 is 10.2 Å². The number of benzene rings is 3. The van der Waals surface area contributed by atoms with Crippen molar-refractivity contribution in [1.82, 2.24) is 0 Å². The second-order valence-corrected chi connectivity index (χ2v) is 12.9. The van der Waals surface area contributed by atoms with Crippen molar-refractivity contribution in [1.29, 1.82) is 0 Å². The number of aliphatic imine (C=N–C) groups is 2. The molecule has 0 atom stereocenters.